The molecule has 0 aliphatic heterocycles. The summed E-state index contributed by atoms with van der Waals surface area (Å²) in [5.41, 5.74) is 0.479. The van der Waals surface area contributed by atoms with E-state index in [9.17, 15) is 13.2 Å². The minimum absolute atomic E-state index is 0.170. The van der Waals surface area contributed by atoms with Gasteiger partial charge in [0.25, 0.3) is 0 Å². The molecule has 0 heterocycles. The molecule has 2 aliphatic rings. The van der Waals surface area contributed by atoms with Gasteiger partial charge in [-0.05, 0) is 61.6 Å². The maximum atomic E-state index is 15.0. The fraction of sp³-hybridized carbons (Fsp3) is 0.417. The quantitative estimate of drug-likeness (QED) is 0.481. The summed E-state index contributed by atoms with van der Waals surface area (Å²) < 4.78 is 63.6. The number of benzene rings is 2. The van der Waals surface area contributed by atoms with Crippen molar-refractivity contribution in [1.82, 2.24) is 0 Å². The van der Waals surface area contributed by atoms with Gasteiger partial charge in [0.1, 0.15) is 0 Å². The van der Waals surface area contributed by atoms with Gasteiger partial charge in [0, 0.05) is 16.7 Å². The molecule has 0 aromatic heterocycles. The van der Waals surface area contributed by atoms with E-state index in [2.05, 4.69) is 6.92 Å². The van der Waals surface area contributed by atoms with Crippen LogP contribution in [0.1, 0.15) is 45.1 Å². The number of halogens is 4. The normalized spacial score (nSPS) is 23.2. The van der Waals surface area contributed by atoms with Crippen molar-refractivity contribution in [2.75, 3.05) is 6.61 Å². The average molecular weight is 404 g/mol. The first-order chi connectivity index (χ1) is 14.0. The van der Waals surface area contributed by atoms with Gasteiger partial charge >= 0.3 is 0 Å². The lowest BCUT2D eigenvalue weighted by Gasteiger charge is -2.19. The second kappa shape index (κ2) is 7.85. The Balaban J connectivity index is 1.70. The molecule has 1 nitrogen and oxygen atoms in total. The zero-order chi connectivity index (χ0) is 20.7. The molecule has 0 radical (unpaired) electrons. The molecule has 2 aromatic rings. The molecule has 1 fully saturated rings. The predicted octanol–water partition coefficient (Wildman–Crippen LogP) is 7.15. The second-order valence-corrected chi connectivity index (χ2v) is 7.87. The lowest BCUT2D eigenvalue weighted by Crippen LogP contribution is -2.11. The Morgan fingerprint density at radius 3 is 2.14 bits per heavy atom. The van der Waals surface area contributed by atoms with Crippen molar-refractivity contribution in [2.45, 2.75) is 39.5 Å². The van der Waals surface area contributed by atoms with Crippen LogP contribution in [0.4, 0.5) is 17.6 Å². The number of hydrogen-bond acceptors (Lipinski definition) is 1. The molecule has 0 spiro atoms. The van der Waals surface area contributed by atoms with Crippen molar-refractivity contribution in [2.24, 2.45) is 17.8 Å². The second-order valence-electron chi connectivity index (χ2n) is 7.87. The number of hydrogen-bond donors (Lipinski definition) is 0. The predicted molar refractivity (Wildman–Crippen MR) is 105 cm³/mol. The van der Waals surface area contributed by atoms with Gasteiger partial charge in [-0.3, -0.25) is 0 Å². The van der Waals surface area contributed by atoms with Gasteiger partial charge in [0.15, 0.2) is 23.2 Å². The van der Waals surface area contributed by atoms with Gasteiger partial charge in [0.2, 0.25) is 5.82 Å². The van der Waals surface area contributed by atoms with E-state index in [4.69, 9.17) is 4.74 Å². The third-order valence-electron chi connectivity index (χ3n) is 6.53. The van der Waals surface area contributed by atoms with Gasteiger partial charge in [-0.25, -0.2) is 13.2 Å². The summed E-state index contributed by atoms with van der Waals surface area (Å²) >= 11 is 0. The fourth-order valence-electron chi connectivity index (χ4n) is 5.11. The molecule has 5 heteroatoms. The summed E-state index contributed by atoms with van der Waals surface area (Å²) in [6.45, 7) is 3.99. The van der Waals surface area contributed by atoms with E-state index >= 15 is 4.39 Å². The molecule has 0 saturated heterocycles. The van der Waals surface area contributed by atoms with Gasteiger partial charge in [0.05, 0.1) is 6.61 Å². The topological polar surface area (TPSA) is 9.23 Å². The van der Waals surface area contributed by atoms with Crippen LogP contribution in [0.15, 0.2) is 30.3 Å². The van der Waals surface area contributed by atoms with Crippen LogP contribution in [0.25, 0.3) is 16.7 Å². The van der Waals surface area contributed by atoms with Crippen molar-refractivity contribution >= 4 is 5.57 Å². The van der Waals surface area contributed by atoms with E-state index < -0.39 is 23.3 Å². The molecule has 2 aromatic carbocycles. The fourth-order valence-corrected chi connectivity index (χ4v) is 5.11. The standard InChI is InChI=1S/C24H24F4O/c1-3-13-5-6-15-14(13)7-8-16(15)17-9-10-18(22(26)21(17)25)19-11-12-20(29-4-2)24(28)23(19)27/h8-15H,3-7H2,1-2H3. The van der Waals surface area contributed by atoms with E-state index in [1.807, 2.05) is 6.08 Å². The Hall–Kier alpha value is -2.30. The van der Waals surface area contributed by atoms with Crippen molar-refractivity contribution in [3.63, 3.8) is 0 Å². The molecule has 4 rings (SSSR count). The maximum absolute atomic E-state index is 15.0. The van der Waals surface area contributed by atoms with Crippen molar-refractivity contribution in [3.05, 3.63) is 59.2 Å². The summed E-state index contributed by atoms with van der Waals surface area (Å²) in [5.74, 6) is -3.48. The zero-order valence-corrected chi connectivity index (χ0v) is 16.6. The summed E-state index contributed by atoms with van der Waals surface area (Å²) in [5, 5.41) is 0. The molecule has 2 aliphatic carbocycles. The largest absolute Gasteiger partial charge is 0.491 e. The first-order valence-corrected chi connectivity index (χ1v) is 10.3. The summed E-state index contributed by atoms with van der Waals surface area (Å²) in [7, 11) is 0. The third kappa shape index (κ3) is 3.24. The molecular formula is C24H24F4O. The Bertz CT molecular complexity index is 966. The van der Waals surface area contributed by atoms with Crippen LogP contribution in [0.5, 0.6) is 5.75 Å². The van der Waals surface area contributed by atoms with Crippen LogP contribution in [-0.2, 0) is 0 Å². The van der Waals surface area contributed by atoms with Crippen molar-refractivity contribution < 1.29 is 22.3 Å². The molecule has 0 N–H and O–H groups in total. The van der Waals surface area contributed by atoms with Crippen LogP contribution in [0.3, 0.4) is 0 Å². The van der Waals surface area contributed by atoms with Gasteiger partial charge in [-0.2, -0.15) is 4.39 Å². The monoisotopic (exact) mass is 404 g/mol. The molecular weight excluding hydrogens is 380 g/mol. The number of allylic oxidation sites excluding steroid dienone is 2. The minimum atomic E-state index is -1.25. The highest BCUT2D eigenvalue weighted by molar-refractivity contribution is 5.74. The lowest BCUT2D eigenvalue weighted by molar-refractivity contribution is 0.314. The minimum Gasteiger partial charge on any atom is -0.491 e. The Morgan fingerprint density at radius 1 is 0.828 bits per heavy atom. The van der Waals surface area contributed by atoms with E-state index in [1.54, 1.807) is 6.92 Å². The van der Waals surface area contributed by atoms with Crippen molar-refractivity contribution in [1.29, 1.82) is 0 Å². The zero-order valence-electron chi connectivity index (χ0n) is 16.6. The van der Waals surface area contributed by atoms with Crippen molar-refractivity contribution in [3.8, 4) is 16.9 Å². The highest BCUT2D eigenvalue weighted by Crippen LogP contribution is 2.52. The van der Waals surface area contributed by atoms with Gasteiger partial charge in [-0.15, -0.1) is 0 Å². The van der Waals surface area contributed by atoms with Crippen LogP contribution >= 0.6 is 0 Å². The molecule has 29 heavy (non-hydrogen) atoms. The Kier molecular flexibility index (Phi) is 5.41. The summed E-state index contributed by atoms with van der Waals surface area (Å²) in [6, 6.07) is 5.28. The van der Waals surface area contributed by atoms with Crippen LogP contribution in [-0.4, -0.2) is 6.61 Å². The third-order valence-corrected chi connectivity index (χ3v) is 6.53. The van der Waals surface area contributed by atoms with E-state index in [-0.39, 0.29) is 35.0 Å². The highest BCUT2D eigenvalue weighted by Gasteiger charge is 2.41. The molecule has 1 saturated carbocycles. The Morgan fingerprint density at radius 2 is 1.45 bits per heavy atom. The van der Waals surface area contributed by atoms with Crippen LogP contribution < -0.4 is 4.74 Å². The van der Waals surface area contributed by atoms with Crippen LogP contribution in [0, 0.1) is 41.0 Å². The first-order valence-electron chi connectivity index (χ1n) is 10.3. The molecule has 3 unspecified atom stereocenters. The van der Waals surface area contributed by atoms with E-state index in [1.165, 1.54) is 24.3 Å². The molecule has 3 atom stereocenters. The SMILES string of the molecule is CCOc1ccc(-c2ccc(C3=CCC4C(CC)CCC34)c(F)c2F)c(F)c1F. The molecule has 0 amide bonds. The number of fused-ring (bicyclic) bond motifs is 1. The van der Waals surface area contributed by atoms with E-state index in [0.717, 1.165) is 31.3 Å². The van der Waals surface area contributed by atoms with Gasteiger partial charge < -0.3 is 4.74 Å². The number of rotatable bonds is 5. The Labute approximate surface area is 168 Å². The van der Waals surface area contributed by atoms with E-state index in [0.29, 0.717) is 11.8 Å². The lowest BCUT2D eigenvalue weighted by atomic mass is 9.85. The molecule has 0 bridgehead atoms. The smallest absolute Gasteiger partial charge is 0.201 e. The van der Waals surface area contributed by atoms with Gasteiger partial charge in [-0.1, -0.05) is 31.6 Å². The molecule has 154 valence electrons. The summed E-state index contributed by atoms with van der Waals surface area (Å²) in [4.78, 5) is 0. The highest BCUT2D eigenvalue weighted by atomic mass is 19.2. The summed E-state index contributed by atoms with van der Waals surface area (Å²) in [6.07, 6.45) is 6.10. The first kappa shape index (κ1) is 20.0. The average Bonchev–Trinajstić information content (AvgIpc) is 3.30. The maximum Gasteiger partial charge on any atom is 0.201 e. The van der Waals surface area contributed by atoms with Crippen LogP contribution in [0.2, 0.25) is 0 Å². The number of ether oxygens (including phenoxy) is 1.